The number of ether oxygens (including phenoxy) is 1. The maximum Gasteiger partial charge on any atom is 0.224 e. The molecule has 206 valence electrons. The highest BCUT2D eigenvalue weighted by Crippen LogP contribution is 2.26. The third-order valence-electron chi connectivity index (χ3n) is 7.20. The summed E-state index contributed by atoms with van der Waals surface area (Å²) in [5.74, 6) is 2.12. The van der Waals surface area contributed by atoms with Crippen molar-refractivity contribution in [3.63, 3.8) is 0 Å². The van der Waals surface area contributed by atoms with Crippen molar-refractivity contribution in [2.75, 3.05) is 13.2 Å². The first-order valence-corrected chi connectivity index (χ1v) is 14.4. The predicted molar refractivity (Wildman–Crippen MR) is 161 cm³/mol. The molecule has 0 saturated heterocycles. The SMILES string of the molecule is Cc1ccccc1CC(=O)NCCCCCc1nc2ccccc2n1CCCCOc1cc(C)c(Cl)c(C)c1. The summed E-state index contributed by atoms with van der Waals surface area (Å²) in [7, 11) is 0. The maximum atomic E-state index is 12.3. The monoisotopic (exact) mass is 545 g/mol. The molecule has 1 aromatic heterocycles. The van der Waals surface area contributed by atoms with Gasteiger partial charge in [-0.25, -0.2) is 4.98 Å². The van der Waals surface area contributed by atoms with Gasteiger partial charge in [0, 0.05) is 24.5 Å². The van der Waals surface area contributed by atoms with E-state index in [-0.39, 0.29) is 5.91 Å². The number of amides is 1. The molecule has 5 nitrogen and oxygen atoms in total. The standard InChI is InChI=1S/C33H40ClN3O2/c1-24-13-6-7-14-27(24)23-32(38)35-18-10-4-5-17-31-36-29-15-8-9-16-30(29)37(31)19-11-12-20-39-28-21-25(2)33(34)26(3)22-28/h6-9,13-16,21-22H,4-5,10-12,17-20,23H2,1-3H3,(H,35,38). The number of halogens is 1. The second-order valence-electron chi connectivity index (χ2n) is 10.4. The number of aromatic nitrogens is 2. The Morgan fingerprint density at radius 1 is 0.897 bits per heavy atom. The van der Waals surface area contributed by atoms with Gasteiger partial charge in [0.2, 0.25) is 5.91 Å². The largest absolute Gasteiger partial charge is 0.494 e. The van der Waals surface area contributed by atoms with Crippen LogP contribution in [0.1, 0.15) is 60.2 Å². The lowest BCUT2D eigenvalue weighted by Crippen LogP contribution is -2.26. The number of imidazole rings is 1. The average Bonchev–Trinajstić information content (AvgIpc) is 3.27. The first kappa shape index (κ1) is 28.7. The number of carbonyl (C=O) groups excluding carboxylic acids is 1. The zero-order valence-electron chi connectivity index (χ0n) is 23.4. The molecule has 3 aromatic carbocycles. The number of hydrogen-bond acceptors (Lipinski definition) is 3. The van der Waals surface area contributed by atoms with Crippen LogP contribution >= 0.6 is 11.6 Å². The van der Waals surface area contributed by atoms with E-state index in [2.05, 4.69) is 28.1 Å². The van der Waals surface area contributed by atoms with Crippen LogP contribution in [-0.4, -0.2) is 28.6 Å². The summed E-state index contributed by atoms with van der Waals surface area (Å²) < 4.78 is 8.38. The molecule has 6 heteroatoms. The van der Waals surface area contributed by atoms with Crippen LogP contribution in [0.4, 0.5) is 0 Å². The zero-order valence-corrected chi connectivity index (χ0v) is 24.2. The van der Waals surface area contributed by atoms with Crippen LogP contribution < -0.4 is 10.1 Å². The van der Waals surface area contributed by atoms with Gasteiger partial charge in [0.25, 0.3) is 0 Å². The van der Waals surface area contributed by atoms with Crippen LogP contribution in [0, 0.1) is 20.8 Å². The van der Waals surface area contributed by atoms with Gasteiger partial charge in [0.05, 0.1) is 24.1 Å². The number of nitrogens with one attached hydrogen (secondary N) is 1. The lowest BCUT2D eigenvalue weighted by molar-refractivity contribution is -0.120. The molecule has 0 atom stereocenters. The predicted octanol–water partition coefficient (Wildman–Crippen LogP) is 7.55. The van der Waals surface area contributed by atoms with Crippen molar-refractivity contribution in [3.05, 3.63) is 93.8 Å². The molecule has 0 saturated carbocycles. The number of nitrogens with zero attached hydrogens (tertiary/aromatic N) is 2. The van der Waals surface area contributed by atoms with E-state index in [4.69, 9.17) is 21.3 Å². The molecule has 0 radical (unpaired) electrons. The van der Waals surface area contributed by atoms with Crippen LogP contribution in [0.2, 0.25) is 5.02 Å². The lowest BCUT2D eigenvalue weighted by Gasteiger charge is -2.12. The average molecular weight is 546 g/mol. The summed E-state index contributed by atoms with van der Waals surface area (Å²) in [5, 5.41) is 3.88. The first-order valence-electron chi connectivity index (χ1n) is 14.1. The fourth-order valence-corrected chi connectivity index (χ4v) is 5.08. The summed E-state index contributed by atoms with van der Waals surface area (Å²) in [6.45, 7) is 8.39. The van der Waals surface area contributed by atoms with Crippen molar-refractivity contribution in [2.24, 2.45) is 0 Å². The highest BCUT2D eigenvalue weighted by Gasteiger charge is 2.11. The van der Waals surface area contributed by atoms with Crippen molar-refractivity contribution in [3.8, 4) is 5.75 Å². The minimum atomic E-state index is 0.0939. The van der Waals surface area contributed by atoms with Crippen molar-refractivity contribution in [1.82, 2.24) is 14.9 Å². The fraction of sp³-hybridized carbons (Fsp3) is 0.394. The van der Waals surface area contributed by atoms with Crippen LogP contribution in [0.3, 0.4) is 0 Å². The number of fused-ring (bicyclic) bond motifs is 1. The quantitative estimate of drug-likeness (QED) is 0.166. The van der Waals surface area contributed by atoms with Crippen molar-refractivity contribution >= 4 is 28.5 Å². The highest BCUT2D eigenvalue weighted by atomic mass is 35.5. The third kappa shape index (κ3) is 8.09. The Balaban J connectivity index is 1.21. The minimum absolute atomic E-state index is 0.0939. The Kier molecular flexibility index (Phi) is 10.4. The van der Waals surface area contributed by atoms with Gasteiger partial charge in [-0.1, -0.05) is 54.4 Å². The summed E-state index contributed by atoms with van der Waals surface area (Å²) in [4.78, 5) is 17.2. The molecule has 0 aliphatic rings. The second-order valence-corrected chi connectivity index (χ2v) is 10.7. The van der Waals surface area contributed by atoms with Crippen LogP contribution in [-0.2, 0) is 24.2 Å². The lowest BCUT2D eigenvalue weighted by atomic mass is 10.1. The smallest absolute Gasteiger partial charge is 0.224 e. The van der Waals surface area contributed by atoms with E-state index in [0.717, 1.165) is 89.4 Å². The van der Waals surface area contributed by atoms with E-state index in [1.165, 1.54) is 5.52 Å². The molecular formula is C33H40ClN3O2. The number of hydrogen-bond donors (Lipinski definition) is 1. The molecule has 0 aliphatic carbocycles. The summed E-state index contributed by atoms with van der Waals surface area (Å²) in [6, 6.07) is 20.5. The molecule has 4 rings (SSSR count). The van der Waals surface area contributed by atoms with Gasteiger partial charge in [-0.15, -0.1) is 0 Å². The van der Waals surface area contributed by atoms with Crippen LogP contribution in [0.5, 0.6) is 5.75 Å². The molecular weight excluding hydrogens is 506 g/mol. The highest BCUT2D eigenvalue weighted by molar-refractivity contribution is 6.32. The van der Waals surface area contributed by atoms with Gasteiger partial charge in [0.1, 0.15) is 11.6 Å². The molecule has 1 amide bonds. The Morgan fingerprint density at radius 3 is 2.44 bits per heavy atom. The van der Waals surface area contributed by atoms with E-state index in [0.29, 0.717) is 19.6 Å². The van der Waals surface area contributed by atoms with Gasteiger partial charge in [-0.2, -0.15) is 0 Å². The Morgan fingerprint density at radius 2 is 1.64 bits per heavy atom. The molecule has 1 heterocycles. The van der Waals surface area contributed by atoms with E-state index in [1.54, 1.807) is 0 Å². The van der Waals surface area contributed by atoms with E-state index in [1.807, 2.05) is 63.2 Å². The topological polar surface area (TPSA) is 56.2 Å². The molecule has 0 unspecified atom stereocenters. The number of carbonyl (C=O) groups is 1. The summed E-state index contributed by atoms with van der Waals surface area (Å²) in [6.07, 6.45) is 6.45. The Bertz CT molecular complexity index is 1370. The van der Waals surface area contributed by atoms with Gasteiger partial charge in [0.15, 0.2) is 0 Å². The van der Waals surface area contributed by atoms with Crippen molar-refractivity contribution < 1.29 is 9.53 Å². The summed E-state index contributed by atoms with van der Waals surface area (Å²) in [5.41, 5.74) is 6.60. The number of rotatable bonds is 14. The Hall–Kier alpha value is -3.31. The maximum absolute atomic E-state index is 12.3. The molecule has 0 spiro atoms. The van der Waals surface area contributed by atoms with Gasteiger partial charge < -0.3 is 14.6 Å². The number of unbranched alkanes of at least 4 members (excludes halogenated alkanes) is 3. The third-order valence-corrected chi connectivity index (χ3v) is 7.80. The van der Waals surface area contributed by atoms with E-state index >= 15 is 0 Å². The Labute approximate surface area is 237 Å². The number of para-hydroxylation sites is 2. The van der Waals surface area contributed by atoms with E-state index < -0.39 is 0 Å². The van der Waals surface area contributed by atoms with E-state index in [9.17, 15) is 4.79 Å². The first-order chi connectivity index (χ1) is 18.9. The van der Waals surface area contributed by atoms with Gasteiger partial charge in [-0.05, 0) is 93.0 Å². The molecule has 0 aliphatic heterocycles. The molecule has 0 fully saturated rings. The van der Waals surface area contributed by atoms with Gasteiger partial charge in [-0.3, -0.25) is 4.79 Å². The minimum Gasteiger partial charge on any atom is -0.494 e. The number of aryl methyl sites for hydroxylation is 5. The number of benzene rings is 3. The molecule has 4 aromatic rings. The normalized spacial score (nSPS) is 11.2. The van der Waals surface area contributed by atoms with Crippen molar-refractivity contribution in [1.29, 1.82) is 0 Å². The van der Waals surface area contributed by atoms with Gasteiger partial charge >= 0.3 is 0 Å². The second kappa shape index (κ2) is 14.2. The van der Waals surface area contributed by atoms with Crippen molar-refractivity contribution in [2.45, 2.75) is 72.3 Å². The summed E-state index contributed by atoms with van der Waals surface area (Å²) >= 11 is 6.28. The molecule has 0 bridgehead atoms. The zero-order chi connectivity index (χ0) is 27.6. The van der Waals surface area contributed by atoms with Crippen LogP contribution in [0.15, 0.2) is 60.7 Å². The fourth-order valence-electron chi connectivity index (χ4n) is 4.97. The molecule has 39 heavy (non-hydrogen) atoms. The molecule has 1 N–H and O–H groups in total. The van der Waals surface area contributed by atoms with Crippen LogP contribution in [0.25, 0.3) is 11.0 Å².